The fourth-order valence-corrected chi connectivity index (χ4v) is 0.767. The molecule has 0 radical (unpaired) electrons. The van der Waals surface area contributed by atoms with Crippen LogP contribution in [0.2, 0.25) is 0 Å². The Morgan fingerprint density at radius 1 is 1.67 bits per heavy atom. The van der Waals surface area contributed by atoms with Gasteiger partial charge in [-0.2, -0.15) is 5.06 Å². The predicted octanol–water partition coefficient (Wildman–Crippen LogP) is -0.229. The Kier molecular flexibility index (Phi) is 1.25. The maximum atomic E-state index is 10.6. The van der Waals surface area contributed by atoms with Crippen molar-refractivity contribution >= 4 is 11.8 Å². The van der Waals surface area contributed by atoms with Crippen molar-refractivity contribution in [2.45, 2.75) is 13.3 Å². The van der Waals surface area contributed by atoms with E-state index in [0.29, 0.717) is 0 Å². The molecule has 0 aromatic rings. The van der Waals surface area contributed by atoms with Gasteiger partial charge >= 0.3 is 0 Å². The number of imide groups is 1. The first-order valence-corrected chi connectivity index (χ1v) is 2.68. The highest BCUT2D eigenvalue weighted by molar-refractivity contribution is 6.01. The summed E-state index contributed by atoms with van der Waals surface area (Å²) in [5.41, 5.74) is 0. The number of carbonyl (C=O) groups is 2. The van der Waals surface area contributed by atoms with Gasteiger partial charge in [-0.25, -0.2) is 0 Å². The van der Waals surface area contributed by atoms with E-state index in [4.69, 9.17) is 5.21 Å². The second-order valence-electron chi connectivity index (χ2n) is 2.15. The lowest BCUT2D eigenvalue weighted by molar-refractivity contribution is -0.172. The van der Waals surface area contributed by atoms with Gasteiger partial charge in [0.05, 0.1) is 0 Å². The van der Waals surface area contributed by atoms with Crippen molar-refractivity contribution in [1.82, 2.24) is 5.06 Å². The van der Waals surface area contributed by atoms with E-state index in [0.717, 1.165) is 0 Å². The molecule has 0 bridgehead atoms. The van der Waals surface area contributed by atoms with Crippen LogP contribution in [0.5, 0.6) is 0 Å². The number of rotatable bonds is 0. The Labute approximate surface area is 52.0 Å². The van der Waals surface area contributed by atoms with E-state index in [1.807, 2.05) is 0 Å². The second-order valence-corrected chi connectivity index (χ2v) is 2.15. The van der Waals surface area contributed by atoms with Gasteiger partial charge in [0, 0.05) is 12.3 Å². The Balaban J connectivity index is 2.77. The number of hydrogen-bond donors (Lipinski definition) is 1. The van der Waals surface area contributed by atoms with Gasteiger partial charge in [-0.3, -0.25) is 14.8 Å². The van der Waals surface area contributed by atoms with Gasteiger partial charge < -0.3 is 0 Å². The maximum absolute atomic E-state index is 10.6. The summed E-state index contributed by atoms with van der Waals surface area (Å²) in [6.07, 6.45) is 0.134. The minimum Gasteiger partial charge on any atom is -0.279 e. The number of hydrogen-bond acceptors (Lipinski definition) is 3. The molecule has 0 spiro atoms. The molecule has 1 aliphatic heterocycles. The highest BCUT2D eigenvalue weighted by Gasteiger charge is 2.34. The molecule has 9 heavy (non-hydrogen) atoms. The van der Waals surface area contributed by atoms with Crippen molar-refractivity contribution in [3.63, 3.8) is 0 Å². The number of nitrogens with zero attached hydrogens (tertiary/aromatic N) is 1. The molecular formula is C5H7NO3. The molecule has 4 nitrogen and oxygen atoms in total. The molecule has 1 rings (SSSR count). The van der Waals surface area contributed by atoms with Gasteiger partial charge in [-0.15, -0.1) is 0 Å². The summed E-state index contributed by atoms with van der Waals surface area (Å²) >= 11 is 0. The van der Waals surface area contributed by atoms with Crippen LogP contribution in [0.4, 0.5) is 0 Å². The molecule has 1 heterocycles. The quantitative estimate of drug-likeness (QED) is 0.363. The van der Waals surface area contributed by atoms with Crippen LogP contribution in [-0.2, 0) is 9.59 Å². The van der Waals surface area contributed by atoms with Crippen molar-refractivity contribution in [1.29, 1.82) is 0 Å². The van der Waals surface area contributed by atoms with Crippen molar-refractivity contribution in [2.24, 2.45) is 5.92 Å². The minimum atomic E-state index is -0.507. The third-order valence-electron chi connectivity index (χ3n) is 1.35. The van der Waals surface area contributed by atoms with Crippen LogP contribution >= 0.6 is 0 Å². The first kappa shape index (κ1) is 6.22. The molecule has 50 valence electrons. The van der Waals surface area contributed by atoms with E-state index >= 15 is 0 Å². The van der Waals surface area contributed by atoms with Crippen molar-refractivity contribution in [2.75, 3.05) is 0 Å². The van der Waals surface area contributed by atoms with Crippen LogP contribution < -0.4 is 0 Å². The molecule has 0 aliphatic carbocycles. The summed E-state index contributed by atoms with van der Waals surface area (Å²) in [6, 6.07) is 0. The lowest BCUT2D eigenvalue weighted by Gasteiger charge is -2.00. The summed E-state index contributed by atoms with van der Waals surface area (Å²) in [4.78, 5) is 21.0. The van der Waals surface area contributed by atoms with Crippen LogP contribution in [0.15, 0.2) is 0 Å². The first-order chi connectivity index (χ1) is 4.13. The molecule has 0 aromatic heterocycles. The molecule has 0 aromatic carbocycles. The topological polar surface area (TPSA) is 57.6 Å². The molecule has 4 heteroatoms. The average Bonchev–Trinajstić information content (AvgIpc) is 1.98. The van der Waals surface area contributed by atoms with Gasteiger partial charge in [0.15, 0.2) is 0 Å². The average molecular weight is 129 g/mol. The Hall–Kier alpha value is -0.900. The normalized spacial score (nSPS) is 27.8. The number of amides is 2. The number of hydroxylamine groups is 2. The van der Waals surface area contributed by atoms with Gasteiger partial charge in [0.25, 0.3) is 11.8 Å². The summed E-state index contributed by atoms with van der Waals surface area (Å²) < 4.78 is 0. The molecule has 1 aliphatic rings. The second kappa shape index (κ2) is 1.80. The summed E-state index contributed by atoms with van der Waals surface area (Å²) in [7, 11) is 0. The zero-order valence-electron chi connectivity index (χ0n) is 5.00. The zero-order chi connectivity index (χ0) is 7.02. The molecule has 0 saturated carbocycles. The van der Waals surface area contributed by atoms with E-state index in [-0.39, 0.29) is 17.4 Å². The minimum absolute atomic E-state index is 0.134. The zero-order valence-corrected chi connectivity index (χ0v) is 5.00. The summed E-state index contributed by atoms with van der Waals surface area (Å²) in [5.74, 6) is -1.35. The van der Waals surface area contributed by atoms with E-state index in [1.54, 1.807) is 6.92 Å². The van der Waals surface area contributed by atoms with Crippen LogP contribution in [-0.4, -0.2) is 22.1 Å². The maximum Gasteiger partial charge on any atom is 0.256 e. The third-order valence-corrected chi connectivity index (χ3v) is 1.35. The Morgan fingerprint density at radius 3 is 2.33 bits per heavy atom. The fraction of sp³-hybridized carbons (Fsp3) is 0.600. The monoisotopic (exact) mass is 129 g/mol. The van der Waals surface area contributed by atoms with Crippen molar-refractivity contribution in [3.05, 3.63) is 0 Å². The van der Waals surface area contributed by atoms with Crippen LogP contribution in [0.1, 0.15) is 13.3 Å². The molecule has 1 N–H and O–H groups in total. The molecule has 1 atom stereocenters. The third kappa shape index (κ3) is 0.810. The lowest BCUT2D eigenvalue weighted by atomic mass is 10.1. The van der Waals surface area contributed by atoms with Gasteiger partial charge in [-0.05, 0) is 0 Å². The lowest BCUT2D eigenvalue weighted by Crippen LogP contribution is -2.25. The van der Waals surface area contributed by atoms with Gasteiger partial charge in [0.1, 0.15) is 0 Å². The number of carbonyl (C=O) groups excluding carboxylic acids is 2. The van der Waals surface area contributed by atoms with E-state index in [2.05, 4.69) is 0 Å². The van der Waals surface area contributed by atoms with E-state index < -0.39 is 11.8 Å². The van der Waals surface area contributed by atoms with Crippen LogP contribution in [0.3, 0.4) is 0 Å². The Morgan fingerprint density at radius 2 is 2.22 bits per heavy atom. The van der Waals surface area contributed by atoms with E-state index in [9.17, 15) is 9.59 Å². The van der Waals surface area contributed by atoms with E-state index in [1.165, 1.54) is 0 Å². The largest absolute Gasteiger partial charge is 0.279 e. The first-order valence-electron chi connectivity index (χ1n) is 2.68. The summed E-state index contributed by atoms with van der Waals surface area (Å²) in [6.45, 7) is 1.61. The SMILES string of the molecule is C[C@@H]1CC(=O)N(O)C1=O. The summed E-state index contributed by atoms with van der Waals surface area (Å²) in [5, 5.41) is 8.76. The Bertz CT molecular complexity index is 166. The molecule has 1 fully saturated rings. The highest BCUT2D eigenvalue weighted by Crippen LogP contribution is 2.15. The van der Waals surface area contributed by atoms with Crippen LogP contribution in [0, 0.1) is 5.92 Å². The van der Waals surface area contributed by atoms with Gasteiger partial charge in [0.2, 0.25) is 0 Å². The molecular weight excluding hydrogens is 122 g/mol. The van der Waals surface area contributed by atoms with Crippen molar-refractivity contribution in [3.8, 4) is 0 Å². The van der Waals surface area contributed by atoms with Crippen molar-refractivity contribution < 1.29 is 14.8 Å². The van der Waals surface area contributed by atoms with Crippen LogP contribution in [0.25, 0.3) is 0 Å². The molecule has 0 unspecified atom stereocenters. The highest BCUT2D eigenvalue weighted by atomic mass is 16.5. The fourth-order valence-electron chi connectivity index (χ4n) is 0.767. The predicted molar refractivity (Wildman–Crippen MR) is 27.4 cm³/mol. The van der Waals surface area contributed by atoms with Gasteiger partial charge in [-0.1, -0.05) is 6.92 Å². The molecule has 2 amide bonds. The standard InChI is InChI=1S/C5H7NO3/c1-3-2-4(7)6(9)5(3)8/h3,9H,2H2,1H3/t3-/m1/s1. The smallest absolute Gasteiger partial charge is 0.256 e. The molecule has 1 saturated heterocycles.